The summed E-state index contributed by atoms with van der Waals surface area (Å²) in [7, 11) is -2.69. The molecule has 1 aliphatic heterocycles. The maximum absolute atomic E-state index is 13.1. The van der Waals surface area contributed by atoms with Gasteiger partial charge in [0.25, 0.3) is 21.8 Å². The van der Waals surface area contributed by atoms with E-state index in [0.717, 1.165) is 10.6 Å². The van der Waals surface area contributed by atoms with Crippen LogP contribution >= 0.6 is 0 Å². The van der Waals surface area contributed by atoms with Crippen LogP contribution in [0.3, 0.4) is 0 Å². The molecule has 0 atom stereocenters. The quantitative estimate of drug-likeness (QED) is 0.330. The summed E-state index contributed by atoms with van der Waals surface area (Å²) < 4.78 is 33.5. The van der Waals surface area contributed by atoms with Crippen molar-refractivity contribution in [3.8, 4) is 5.75 Å². The highest BCUT2D eigenvalue weighted by atomic mass is 32.2. The lowest BCUT2D eigenvalue weighted by atomic mass is 9.68. The maximum Gasteiger partial charge on any atom is 0.328 e. The fraction of sp³-hybridized carbons (Fsp3) is 0.312. The van der Waals surface area contributed by atoms with Gasteiger partial charge in [0.1, 0.15) is 5.75 Å². The molecule has 2 aliphatic rings. The molecule has 230 valence electrons. The molecule has 1 fully saturated rings. The molecule has 0 saturated heterocycles. The van der Waals surface area contributed by atoms with Crippen LogP contribution in [-0.4, -0.2) is 51.7 Å². The van der Waals surface area contributed by atoms with Crippen LogP contribution in [0.15, 0.2) is 88.9 Å². The highest BCUT2D eigenvalue weighted by molar-refractivity contribution is 7.90. The SMILES string of the molecule is COc1ccccc1C(=O)NC[C@]1(c2ccccc2)CC[C@H](NC(=O)NS(=O)(=O)c2cccc(N3N=C(C)CC3=O)c2)CC1. The van der Waals surface area contributed by atoms with E-state index in [1.54, 1.807) is 37.3 Å². The molecule has 3 N–H and O–H groups in total. The number of amides is 4. The van der Waals surface area contributed by atoms with Crippen molar-refractivity contribution < 1.29 is 27.5 Å². The van der Waals surface area contributed by atoms with E-state index < -0.39 is 16.1 Å². The number of ether oxygens (including phenoxy) is 1. The second-order valence-corrected chi connectivity index (χ2v) is 12.8. The molecule has 0 spiro atoms. The predicted molar refractivity (Wildman–Crippen MR) is 166 cm³/mol. The third-order valence-electron chi connectivity index (χ3n) is 8.12. The summed E-state index contributed by atoms with van der Waals surface area (Å²) in [5.74, 6) is 0.00109. The number of hydrazone groups is 1. The summed E-state index contributed by atoms with van der Waals surface area (Å²) in [5, 5.41) is 11.2. The lowest BCUT2D eigenvalue weighted by Crippen LogP contribution is -2.50. The minimum atomic E-state index is -4.22. The Morgan fingerprint density at radius 1 is 1.00 bits per heavy atom. The molecule has 44 heavy (non-hydrogen) atoms. The standard InChI is InChI=1S/C32H35N5O6S/c1-22-19-29(38)37(35-22)25-11-8-12-26(20-25)44(41,42)36-31(40)34-24-15-17-32(18-16-24,23-9-4-3-5-10-23)21-33-30(39)27-13-6-7-14-28(27)43-2/h3-14,20,24H,15-19,21H2,1-2H3,(H,33,39)(H2,34,36,40)/t24-,32-. The number of urea groups is 1. The van der Waals surface area contributed by atoms with Crippen molar-refractivity contribution in [2.75, 3.05) is 18.7 Å². The van der Waals surface area contributed by atoms with Crippen LogP contribution in [0.25, 0.3) is 0 Å². The molecule has 1 aliphatic carbocycles. The zero-order valence-corrected chi connectivity index (χ0v) is 25.4. The first-order valence-electron chi connectivity index (χ1n) is 14.4. The van der Waals surface area contributed by atoms with Crippen molar-refractivity contribution in [3.63, 3.8) is 0 Å². The van der Waals surface area contributed by atoms with E-state index in [1.165, 1.54) is 25.3 Å². The van der Waals surface area contributed by atoms with Gasteiger partial charge in [-0.1, -0.05) is 48.5 Å². The number of anilines is 1. The van der Waals surface area contributed by atoms with E-state index in [2.05, 4.69) is 20.5 Å². The number of nitrogens with one attached hydrogen (secondary N) is 3. The van der Waals surface area contributed by atoms with E-state index >= 15 is 0 Å². The Hall–Kier alpha value is -4.71. The number of hydrogen-bond acceptors (Lipinski definition) is 7. The summed E-state index contributed by atoms with van der Waals surface area (Å²) in [4.78, 5) is 38.0. The predicted octanol–water partition coefficient (Wildman–Crippen LogP) is 4.11. The van der Waals surface area contributed by atoms with Gasteiger partial charge in [0.15, 0.2) is 0 Å². The van der Waals surface area contributed by atoms with Gasteiger partial charge in [-0.05, 0) is 68.5 Å². The van der Waals surface area contributed by atoms with Crippen molar-refractivity contribution in [3.05, 3.63) is 90.0 Å². The summed E-state index contributed by atoms with van der Waals surface area (Å²) in [5.41, 5.74) is 2.10. The summed E-state index contributed by atoms with van der Waals surface area (Å²) >= 11 is 0. The number of carbonyl (C=O) groups excluding carboxylic acids is 3. The molecular weight excluding hydrogens is 582 g/mol. The van der Waals surface area contributed by atoms with Gasteiger partial charge in [-0.3, -0.25) is 9.59 Å². The van der Waals surface area contributed by atoms with Gasteiger partial charge in [-0.15, -0.1) is 0 Å². The van der Waals surface area contributed by atoms with E-state index in [9.17, 15) is 22.8 Å². The van der Waals surface area contributed by atoms with Crippen LogP contribution in [-0.2, 0) is 20.2 Å². The molecule has 1 heterocycles. The molecule has 0 aromatic heterocycles. The molecule has 5 rings (SSSR count). The largest absolute Gasteiger partial charge is 0.496 e. The Bertz CT molecular complexity index is 1680. The van der Waals surface area contributed by atoms with Gasteiger partial charge < -0.3 is 15.4 Å². The van der Waals surface area contributed by atoms with Crippen LogP contribution in [0.4, 0.5) is 10.5 Å². The topological polar surface area (TPSA) is 146 Å². The number of nitrogens with zero attached hydrogens (tertiary/aromatic N) is 2. The van der Waals surface area contributed by atoms with Gasteiger partial charge in [0, 0.05) is 23.7 Å². The number of sulfonamides is 1. The smallest absolute Gasteiger partial charge is 0.328 e. The van der Waals surface area contributed by atoms with E-state index in [0.29, 0.717) is 54.9 Å². The monoisotopic (exact) mass is 617 g/mol. The van der Waals surface area contributed by atoms with Crippen molar-refractivity contribution in [1.82, 2.24) is 15.4 Å². The van der Waals surface area contributed by atoms with Gasteiger partial charge in [0.2, 0.25) is 0 Å². The van der Waals surface area contributed by atoms with Gasteiger partial charge in [-0.25, -0.2) is 22.9 Å². The van der Waals surface area contributed by atoms with Crippen molar-refractivity contribution in [2.45, 2.75) is 55.4 Å². The normalized spacial score (nSPS) is 20.0. The lowest BCUT2D eigenvalue weighted by Gasteiger charge is -2.41. The van der Waals surface area contributed by atoms with Crippen molar-refractivity contribution in [2.24, 2.45) is 5.10 Å². The third-order valence-corrected chi connectivity index (χ3v) is 9.45. The number of methoxy groups -OCH3 is 1. The average molecular weight is 618 g/mol. The first-order chi connectivity index (χ1) is 21.1. The molecule has 3 aromatic carbocycles. The number of rotatable bonds is 9. The zero-order chi connectivity index (χ0) is 31.3. The van der Waals surface area contributed by atoms with Crippen LogP contribution in [0.1, 0.15) is 54.9 Å². The molecule has 3 aromatic rings. The molecule has 1 saturated carbocycles. The zero-order valence-electron chi connectivity index (χ0n) is 24.6. The van der Waals surface area contributed by atoms with Crippen molar-refractivity contribution >= 4 is 39.3 Å². The Morgan fingerprint density at radius 2 is 1.70 bits per heavy atom. The number of para-hydroxylation sites is 1. The van der Waals surface area contributed by atoms with Gasteiger partial charge >= 0.3 is 6.03 Å². The van der Waals surface area contributed by atoms with Crippen LogP contribution in [0.5, 0.6) is 5.75 Å². The van der Waals surface area contributed by atoms with E-state index in [4.69, 9.17) is 4.74 Å². The lowest BCUT2D eigenvalue weighted by molar-refractivity contribution is -0.116. The van der Waals surface area contributed by atoms with Crippen molar-refractivity contribution in [1.29, 1.82) is 0 Å². The molecule has 4 amide bonds. The first-order valence-corrected chi connectivity index (χ1v) is 15.9. The minimum absolute atomic E-state index is 0.157. The Balaban J connectivity index is 1.22. The molecule has 0 radical (unpaired) electrons. The molecule has 0 unspecified atom stereocenters. The number of benzene rings is 3. The highest BCUT2D eigenvalue weighted by Crippen LogP contribution is 2.39. The minimum Gasteiger partial charge on any atom is -0.496 e. The molecule has 0 bridgehead atoms. The summed E-state index contributed by atoms with van der Waals surface area (Å²) in [6.45, 7) is 2.11. The average Bonchev–Trinajstić information content (AvgIpc) is 3.38. The molecule has 11 nitrogen and oxygen atoms in total. The van der Waals surface area contributed by atoms with Gasteiger partial charge in [-0.2, -0.15) is 5.10 Å². The summed E-state index contributed by atoms with van der Waals surface area (Å²) in [6.07, 6.45) is 2.64. The van der Waals surface area contributed by atoms with Crippen LogP contribution < -0.4 is 25.1 Å². The summed E-state index contributed by atoms with van der Waals surface area (Å²) in [6, 6.07) is 21.6. The van der Waals surface area contributed by atoms with Crippen LogP contribution in [0.2, 0.25) is 0 Å². The van der Waals surface area contributed by atoms with E-state index in [-0.39, 0.29) is 34.6 Å². The second kappa shape index (κ2) is 12.9. The fourth-order valence-electron chi connectivity index (χ4n) is 5.79. The first kappa shape index (κ1) is 30.7. The number of hydrogen-bond donors (Lipinski definition) is 3. The third kappa shape index (κ3) is 6.75. The Morgan fingerprint density at radius 3 is 2.39 bits per heavy atom. The molecule has 12 heteroatoms. The fourth-order valence-corrected chi connectivity index (χ4v) is 6.74. The number of carbonyl (C=O) groups is 3. The van der Waals surface area contributed by atoms with E-state index in [1.807, 2.05) is 30.3 Å². The molecular formula is C32H35N5O6S. The Labute approximate surface area is 256 Å². The maximum atomic E-state index is 13.1. The second-order valence-electron chi connectivity index (χ2n) is 11.1. The van der Waals surface area contributed by atoms with Crippen LogP contribution in [0, 0.1) is 0 Å². The van der Waals surface area contributed by atoms with Gasteiger partial charge in [0.05, 0.1) is 29.7 Å². The highest BCUT2D eigenvalue weighted by Gasteiger charge is 2.38. The Kier molecular flexibility index (Phi) is 9.00.